The Morgan fingerprint density at radius 3 is 2.79 bits per heavy atom. The summed E-state index contributed by atoms with van der Waals surface area (Å²) in [7, 11) is 1.68. The molecular formula is C10H9ClFNO. The van der Waals surface area contributed by atoms with E-state index < -0.39 is 0 Å². The predicted octanol–water partition coefficient (Wildman–Crippen LogP) is 2.46. The first-order chi connectivity index (χ1) is 6.66. The van der Waals surface area contributed by atoms with Gasteiger partial charge in [0.15, 0.2) is 0 Å². The van der Waals surface area contributed by atoms with Crippen LogP contribution in [0.3, 0.4) is 0 Å². The lowest BCUT2D eigenvalue weighted by molar-refractivity contribution is 0.273. The Hall–Kier alpha value is -1.06. The third-order valence-corrected chi connectivity index (χ3v) is 2.79. The number of rotatable bonds is 1. The summed E-state index contributed by atoms with van der Waals surface area (Å²) in [5.74, 6) is -0.327. The quantitative estimate of drug-likeness (QED) is 0.774. The number of para-hydroxylation sites is 1. The fraction of sp³-hybridized carbons (Fsp3) is 0.200. The minimum atomic E-state index is -0.327. The van der Waals surface area contributed by atoms with Crippen LogP contribution in [0.25, 0.3) is 10.9 Å². The van der Waals surface area contributed by atoms with E-state index in [1.165, 1.54) is 6.07 Å². The molecule has 2 nitrogen and oxygen atoms in total. The Morgan fingerprint density at radius 2 is 2.21 bits per heavy atom. The molecule has 2 rings (SSSR count). The first-order valence-electron chi connectivity index (χ1n) is 4.19. The van der Waals surface area contributed by atoms with Crippen LogP contribution in [0.4, 0.5) is 4.39 Å². The number of hydrogen-bond donors (Lipinski definition) is 1. The zero-order chi connectivity index (χ0) is 10.3. The van der Waals surface area contributed by atoms with Crippen LogP contribution in [-0.4, -0.2) is 9.67 Å². The van der Waals surface area contributed by atoms with Crippen molar-refractivity contribution in [2.24, 2.45) is 7.05 Å². The highest BCUT2D eigenvalue weighted by Crippen LogP contribution is 2.31. The molecule has 1 aromatic carbocycles. The monoisotopic (exact) mass is 213 g/mol. The van der Waals surface area contributed by atoms with Crippen molar-refractivity contribution in [3.8, 4) is 0 Å². The normalized spacial score (nSPS) is 11.1. The van der Waals surface area contributed by atoms with Gasteiger partial charge in [-0.15, -0.1) is 0 Å². The summed E-state index contributed by atoms with van der Waals surface area (Å²) in [6.07, 6.45) is 0. The minimum Gasteiger partial charge on any atom is -0.390 e. The average Bonchev–Trinajstić information content (AvgIpc) is 2.41. The summed E-state index contributed by atoms with van der Waals surface area (Å²) in [6, 6.07) is 4.71. The molecule has 0 aliphatic heterocycles. The van der Waals surface area contributed by atoms with Crippen molar-refractivity contribution in [3.05, 3.63) is 34.7 Å². The molecule has 1 aromatic heterocycles. The molecule has 0 aliphatic carbocycles. The molecule has 0 saturated heterocycles. The summed E-state index contributed by atoms with van der Waals surface area (Å²) in [4.78, 5) is 0. The van der Waals surface area contributed by atoms with Gasteiger partial charge in [0.1, 0.15) is 5.82 Å². The van der Waals surface area contributed by atoms with E-state index in [0.717, 1.165) is 0 Å². The first kappa shape index (κ1) is 9.49. The van der Waals surface area contributed by atoms with Crippen LogP contribution < -0.4 is 0 Å². The molecule has 0 unspecified atom stereocenters. The molecule has 4 heteroatoms. The molecular weight excluding hydrogens is 205 g/mol. The van der Waals surface area contributed by atoms with Crippen molar-refractivity contribution in [1.29, 1.82) is 0 Å². The summed E-state index contributed by atoms with van der Waals surface area (Å²) >= 11 is 5.99. The lowest BCUT2D eigenvalue weighted by atomic mass is 10.2. The van der Waals surface area contributed by atoms with Gasteiger partial charge in [-0.25, -0.2) is 4.39 Å². The van der Waals surface area contributed by atoms with E-state index in [4.69, 9.17) is 16.7 Å². The maximum absolute atomic E-state index is 13.4. The second kappa shape index (κ2) is 3.26. The second-order valence-corrected chi connectivity index (χ2v) is 3.49. The number of hydrogen-bond acceptors (Lipinski definition) is 1. The van der Waals surface area contributed by atoms with Crippen LogP contribution in [0.15, 0.2) is 18.2 Å². The second-order valence-electron chi connectivity index (χ2n) is 3.11. The maximum Gasteiger partial charge on any atom is 0.147 e. The number of benzene rings is 1. The van der Waals surface area contributed by atoms with Crippen molar-refractivity contribution in [1.82, 2.24) is 4.57 Å². The van der Waals surface area contributed by atoms with E-state index in [1.54, 1.807) is 23.7 Å². The highest BCUT2D eigenvalue weighted by Gasteiger charge is 2.14. The summed E-state index contributed by atoms with van der Waals surface area (Å²) in [5, 5.41) is 10.1. The Bertz CT molecular complexity index is 492. The Labute approximate surface area is 85.5 Å². The van der Waals surface area contributed by atoms with E-state index in [0.29, 0.717) is 21.6 Å². The first-order valence-corrected chi connectivity index (χ1v) is 4.56. The van der Waals surface area contributed by atoms with Gasteiger partial charge in [0, 0.05) is 12.4 Å². The van der Waals surface area contributed by atoms with Crippen LogP contribution >= 0.6 is 11.6 Å². The highest BCUT2D eigenvalue weighted by atomic mass is 35.5. The Balaban J connectivity index is 2.94. The molecule has 74 valence electrons. The van der Waals surface area contributed by atoms with Gasteiger partial charge in [0.05, 0.1) is 22.8 Å². The zero-order valence-electron chi connectivity index (χ0n) is 7.59. The number of fused-ring (bicyclic) bond motifs is 1. The SMILES string of the molecule is Cn1c(CO)c(Cl)c2cccc(F)c21. The summed E-state index contributed by atoms with van der Waals surface area (Å²) < 4.78 is 15.0. The van der Waals surface area contributed by atoms with Gasteiger partial charge >= 0.3 is 0 Å². The van der Waals surface area contributed by atoms with Crippen LogP contribution in [0.1, 0.15) is 5.69 Å². The van der Waals surface area contributed by atoms with E-state index in [2.05, 4.69) is 0 Å². The molecule has 0 atom stereocenters. The van der Waals surface area contributed by atoms with Crippen molar-refractivity contribution < 1.29 is 9.50 Å². The Morgan fingerprint density at radius 1 is 1.50 bits per heavy atom. The number of halogens is 2. The summed E-state index contributed by atoms with van der Waals surface area (Å²) in [5.41, 5.74) is 0.966. The maximum atomic E-state index is 13.4. The van der Waals surface area contributed by atoms with Gasteiger partial charge in [-0.3, -0.25) is 0 Å². The molecule has 0 amide bonds. The molecule has 2 aromatic rings. The smallest absolute Gasteiger partial charge is 0.147 e. The molecule has 0 aliphatic rings. The number of aliphatic hydroxyl groups excluding tert-OH is 1. The number of aryl methyl sites for hydroxylation is 1. The van der Waals surface area contributed by atoms with E-state index in [1.807, 2.05) is 0 Å². The van der Waals surface area contributed by atoms with Crippen LogP contribution in [0, 0.1) is 5.82 Å². The van der Waals surface area contributed by atoms with Gasteiger partial charge < -0.3 is 9.67 Å². The Kier molecular flexibility index (Phi) is 2.21. The van der Waals surface area contributed by atoms with Crippen molar-refractivity contribution in [2.75, 3.05) is 0 Å². The fourth-order valence-corrected chi connectivity index (χ4v) is 1.99. The molecule has 0 saturated carbocycles. The molecule has 0 bridgehead atoms. The molecule has 0 fully saturated rings. The number of nitrogens with zero attached hydrogens (tertiary/aromatic N) is 1. The van der Waals surface area contributed by atoms with Crippen LogP contribution in [-0.2, 0) is 13.7 Å². The van der Waals surface area contributed by atoms with Crippen molar-refractivity contribution in [3.63, 3.8) is 0 Å². The lowest BCUT2D eigenvalue weighted by Gasteiger charge is -2.00. The molecule has 1 N–H and O–H groups in total. The van der Waals surface area contributed by atoms with Crippen molar-refractivity contribution in [2.45, 2.75) is 6.61 Å². The van der Waals surface area contributed by atoms with Crippen LogP contribution in [0.2, 0.25) is 5.02 Å². The van der Waals surface area contributed by atoms with Gasteiger partial charge in [0.25, 0.3) is 0 Å². The lowest BCUT2D eigenvalue weighted by Crippen LogP contribution is -1.96. The topological polar surface area (TPSA) is 25.2 Å². The fourth-order valence-electron chi connectivity index (χ4n) is 1.65. The van der Waals surface area contributed by atoms with E-state index in [9.17, 15) is 4.39 Å². The van der Waals surface area contributed by atoms with Gasteiger partial charge in [-0.2, -0.15) is 0 Å². The van der Waals surface area contributed by atoms with Crippen LogP contribution in [0.5, 0.6) is 0 Å². The van der Waals surface area contributed by atoms with Gasteiger partial charge in [-0.05, 0) is 6.07 Å². The standard InChI is InChI=1S/C10H9ClFNO/c1-13-8(5-14)9(11)6-3-2-4-7(12)10(6)13/h2-4,14H,5H2,1H3. The largest absolute Gasteiger partial charge is 0.390 e. The predicted molar refractivity (Wildman–Crippen MR) is 53.8 cm³/mol. The summed E-state index contributed by atoms with van der Waals surface area (Å²) in [6.45, 7) is -0.191. The highest BCUT2D eigenvalue weighted by molar-refractivity contribution is 6.36. The number of aliphatic hydroxyl groups is 1. The average molecular weight is 214 g/mol. The third kappa shape index (κ3) is 1.13. The van der Waals surface area contributed by atoms with Crippen molar-refractivity contribution >= 4 is 22.5 Å². The van der Waals surface area contributed by atoms with Gasteiger partial charge in [-0.1, -0.05) is 23.7 Å². The van der Waals surface area contributed by atoms with E-state index in [-0.39, 0.29) is 12.4 Å². The van der Waals surface area contributed by atoms with E-state index >= 15 is 0 Å². The third-order valence-electron chi connectivity index (χ3n) is 2.37. The molecule has 0 radical (unpaired) electrons. The molecule has 0 spiro atoms. The minimum absolute atomic E-state index is 0.191. The zero-order valence-corrected chi connectivity index (χ0v) is 8.35. The van der Waals surface area contributed by atoms with Gasteiger partial charge in [0.2, 0.25) is 0 Å². The number of aromatic nitrogens is 1. The molecule has 1 heterocycles. The molecule has 14 heavy (non-hydrogen) atoms.